The van der Waals surface area contributed by atoms with Gasteiger partial charge in [0.05, 0.1) is 25.5 Å². The van der Waals surface area contributed by atoms with Gasteiger partial charge in [-0.15, -0.1) is 0 Å². The van der Waals surface area contributed by atoms with E-state index in [-0.39, 0.29) is 6.42 Å². The number of hydrogen-bond acceptors (Lipinski definition) is 10. The number of aliphatic hydroxyl groups is 1. The highest BCUT2D eigenvalue weighted by atomic mass is 16.6. The Kier molecular flexibility index (Phi) is 10.3. The second-order valence-electron chi connectivity index (χ2n) is 4.79. The first-order chi connectivity index (χ1) is 11.2. The van der Waals surface area contributed by atoms with E-state index in [0.29, 0.717) is 0 Å². The van der Waals surface area contributed by atoms with Crippen LogP contribution in [0.4, 0.5) is 0 Å². The third-order valence-electron chi connectivity index (χ3n) is 2.64. The molecule has 11 nitrogen and oxygen atoms in total. The Morgan fingerprint density at radius 3 is 2.12 bits per heavy atom. The maximum Gasteiger partial charge on any atom is 0.325 e. The lowest BCUT2D eigenvalue weighted by atomic mass is 10.2. The van der Waals surface area contributed by atoms with E-state index in [0.717, 1.165) is 0 Å². The summed E-state index contributed by atoms with van der Waals surface area (Å²) in [6, 6.07) is -1.28. The average molecular weight is 350 g/mol. The zero-order valence-corrected chi connectivity index (χ0v) is 13.2. The van der Waals surface area contributed by atoms with Crippen molar-refractivity contribution in [3.05, 3.63) is 0 Å². The lowest BCUT2D eigenvalue weighted by Crippen LogP contribution is -2.43. The molecule has 0 aliphatic heterocycles. The summed E-state index contributed by atoms with van der Waals surface area (Å²) in [7, 11) is 0. The van der Waals surface area contributed by atoms with Crippen molar-refractivity contribution in [2.45, 2.75) is 38.0 Å². The fourth-order valence-corrected chi connectivity index (χ4v) is 1.29. The van der Waals surface area contributed by atoms with Crippen molar-refractivity contribution in [2.24, 2.45) is 11.5 Å². The molecule has 3 atom stereocenters. The second-order valence-corrected chi connectivity index (χ2v) is 4.79. The van der Waals surface area contributed by atoms with Gasteiger partial charge in [-0.1, -0.05) is 0 Å². The van der Waals surface area contributed by atoms with Gasteiger partial charge in [0.1, 0.15) is 19.3 Å². The van der Waals surface area contributed by atoms with Crippen LogP contribution in [0, 0.1) is 0 Å². The van der Waals surface area contributed by atoms with Gasteiger partial charge in [-0.2, -0.15) is 0 Å². The normalized spacial score (nSPS) is 14.2. The molecule has 0 aromatic rings. The number of aliphatic hydroxyl groups excluding tert-OH is 1. The summed E-state index contributed by atoms with van der Waals surface area (Å²) in [4.78, 5) is 44.4. The largest absolute Gasteiger partial charge is 0.481 e. The molecule has 0 aliphatic carbocycles. The Morgan fingerprint density at radius 2 is 1.62 bits per heavy atom. The van der Waals surface area contributed by atoms with Crippen LogP contribution in [0.15, 0.2) is 0 Å². The minimum Gasteiger partial charge on any atom is -0.481 e. The van der Waals surface area contributed by atoms with Crippen molar-refractivity contribution in [2.75, 3.05) is 19.8 Å². The third-order valence-corrected chi connectivity index (χ3v) is 2.64. The molecule has 0 radical (unpaired) electrons. The highest BCUT2D eigenvalue weighted by Crippen LogP contribution is 2.01. The highest BCUT2D eigenvalue weighted by Gasteiger charge is 2.24. The number of ether oxygens (including phenoxy) is 3. The molecule has 0 saturated heterocycles. The fraction of sp³-hybridized carbons (Fsp3) is 0.692. The van der Waals surface area contributed by atoms with Crippen LogP contribution in [-0.4, -0.2) is 72.1 Å². The SMILES string of the molecule is C[C@@H](O)[C@H](N)C(=O)OCC(COC(=O)CCC(=O)O)OC(=O)CN. The second kappa shape index (κ2) is 11.3. The van der Waals surface area contributed by atoms with E-state index in [1.807, 2.05) is 0 Å². The molecule has 138 valence electrons. The Morgan fingerprint density at radius 1 is 1.04 bits per heavy atom. The van der Waals surface area contributed by atoms with E-state index in [2.05, 4.69) is 0 Å². The van der Waals surface area contributed by atoms with E-state index in [1.54, 1.807) is 0 Å². The van der Waals surface area contributed by atoms with Gasteiger partial charge in [-0.3, -0.25) is 19.2 Å². The number of carbonyl (C=O) groups is 4. The molecule has 0 aromatic carbocycles. The van der Waals surface area contributed by atoms with E-state index in [9.17, 15) is 24.3 Å². The van der Waals surface area contributed by atoms with Crippen LogP contribution in [-0.2, 0) is 33.4 Å². The van der Waals surface area contributed by atoms with Crippen molar-refractivity contribution >= 4 is 23.9 Å². The Bertz CT molecular complexity index is 453. The molecule has 1 unspecified atom stereocenters. The number of esters is 3. The summed E-state index contributed by atoms with van der Waals surface area (Å²) in [5, 5.41) is 17.6. The fourth-order valence-electron chi connectivity index (χ4n) is 1.29. The van der Waals surface area contributed by atoms with Crippen LogP contribution in [0.1, 0.15) is 19.8 Å². The molecule has 0 aliphatic rings. The van der Waals surface area contributed by atoms with Gasteiger partial charge in [-0.05, 0) is 6.92 Å². The molecular formula is C13H22N2O9. The van der Waals surface area contributed by atoms with Gasteiger partial charge in [0.2, 0.25) is 0 Å². The summed E-state index contributed by atoms with van der Waals surface area (Å²) in [6.07, 6.45) is -3.06. The minimum atomic E-state index is -1.28. The van der Waals surface area contributed by atoms with Gasteiger partial charge in [-0.25, -0.2) is 0 Å². The molecule has 0 bridgehead atoms. The predicted molar refractivity (Wildman–Crippen MR) is 77.4 cm³/mol. The molecule has 0 heterocycles. The Balaban J connectivity index is 4.47. The highest BCUT2D eigenvalue weighted by molar-refractivity contribution is 5.77. The number of hydrogen-bond donors (Lipinski definition) is 4. The zero-order chi connectivity index (χ0) is 18.7. The van der Waals surface area contributed by atoms with Crippen molar-refractivity contribution in [3.63, 3.8) is 0 Å². The van der Waals surface area contributed by atoms with Crippen LogP contribution in [0.3, 0.4) is 0 Å². The predicted octanol–water partition coefficient (Wildman–Crippen LogP) is -2.48. The molecule has 0 rings (SSSR count). The summed E-state index contributed by atoms with van der Waals surface area (Å²) in [5.41, 5.74) is 10.5. The number of carbonyl (C=O) groups excluding carboxylic acids is 3. The van der Waals surface area contributed by atoms with Gasteiger partial charge >= 0.3 is 23.9 Å². The molecule has 6 N–H and O–H groups in total. The Labute approximate surface area is 137 Å². The van der Waals surface area contributed by atoms with Gasteiger partial charge in [0.25, 0.3) is 0 Å². The molecule has 0 fully saturated rings. The quantitative estimate of drug-likeness (QED) is 0.228. The topological polar surface area (TPSA) is 188 Å². The molecule has 0 saturated carbocycles. The van der Waals surface area contributed by atoms with Crippen molar-refractivity contribution in [1.29, 1.82) is 0 Å². The van der Waals surface area contributed by atoms with Crippen LogP contribution in [0.2, 0.25) is 0 Å². The average Bonchev–Trinajstić information content (AvgIpc) is 2.53. The lowest BCUT2D eigenvalue weighted by Gasteiger charge is -2.19. The maximum absolute atomic E-state index is 11.5. The van der Waals surface area contributed by atoms with Gasteiger partial charge in [0.15, 0.2) is 6.10 Å². The summed E-state index contributed by atoms with van der Waals surface area (Å²) in [5.74, 6) is -3.74. The van der Waals surface area contributed by atoms with E-state index in [1.165, 1.54) is 6.92 Å². The van der Waals surface area contributed by atoms with Gasteiger partial charge < -0.3 is 35.9 Å². The van der Waals surface area contributed by atoms with Crippen LogP contribution >= 0.6 is 0 Å². The molecule has 24 heavy (non-hydrogen) atoms. The molecule has 11 heteroatoms. The molecule has 0 spiro atoms. The summed E-state index contributed by atoms with van der Waals surface area (Å²) in [6.45, 7) is -0.0781. The van der Waals surface area contributed by atoms with Crippen LogP contribution in [0.5, 0.6) is 0 Å². The molecular weight excluding hydrogens is 328 g/mol. The van der Waals surface area contributed by atoms with E-state index in [4.69, 9.17) is 30.8 Å². The molecule has 0 aromatic heterocycles. The number of nitrogens with two attached hydrogens (primary N) is 2. The van der Waals surface area contributed by atoms with Crippen molar-refractivity contribution < 1.29 is 43.6 Å². The van der Waals surface area contributed by atoms with E-state index >= 15 is 0 Å². The first-order valence-electron chi connectivity index (χ1n) is 7.04. The lowest BCUT2D eigenvalue weighted by molar-refractivity contribution is -0.167. The monoisotopic (exact) mass is 350 g/mol. The minimum absolute atomic E-state index is 0.362. The van der Waals surface area contributed by atoms with E-state index < -0.39 is 68.3 Å². The maximum atomic E-state index is 11.5. The third kappa shape index (κ3) is 9.71. The number of rotatable bonds is 11. The smallest absolute Gasteiger partial charge is 0.325 e. The Hall–Kier alpha value is -2.24. The van der Waals surface area contributed by atoms with Crippen molar-refractivity contribution in [3.8, 4) is 0 Å². The first-order valence-corrected chi connectivity index (χ1v) is 7.04. The zero-order valence-electron chi connectivity index (χ0n) is 13.2. The summed E-state index contributed by atoms with van der Waals surface area (Å²) >= 11 is 0. The number of carboxylic acid groups (broad SMARTS) is 1. The number of aliphatic carboxylic acids is 1. The van der Waals surface area contributed by atoms with Crippen molar-refractivity contribution in [1.82, 2.24) is 0 Å². The molecule has 0 amide bonds. The summed E-state index contributed by atoms with van der Waals surface area (Å²) < 4.78 is 14.4. The van der Waals surface area contributed by atoms with Crippen LogP contribution in [0.25, 0.3) is 0 Å². The number of carboxylic acids is 1. The first kappa shape index (κ1) is 21.8. The standard InChI is InChI=1S/C13H22N2O9/c1-7(16)12(15)13(21)23-6-8(24-11(20)4-14)5-22-10(19)3-2-9(17)18/h7-8,12,16H,2-6,14-15H2,1H3,(H,17,18)/t7-,8?,12+/m1/s1. The van der Waals surface area contributed by atoms with Gasteiger partial charge in [0, 0.05) is 0 Å². The van der Waals surface area contributed by atoms with Crippen LogP contribution < -0.4 is 11.5 Å².